The normalized spacial score (nSPS) is 17.6. The zero-order chi connectivity index (χ0) is 54.7. The van der Waals surface area contributed by atoms with Gasteiger partial charge in [-0.15, -0.1) is 0 Å². The number of nitrogens with zero attached hydrogens (tertiary/aromatic N) is 6. The first kappa shape index (κ1) is 56.9. The Morgan fingerprint density at radius 2 is 1.34 bits per heavy atom. The van der Waals surface area contributed by atoms with Crippen molar-refractivity contribution in [3.63, 3.8) is 0 Å². The molecule has 77 heavy (non-hydrogen) atoms. The van der Waals surface area contributed by atoms with Crippen molar-refractivity contribution in [1.82, 2.24) is 24.2 Å². The number of fused-ring (bicyclic) bond motifs is 1. The number of benzene rings is 5. The first-order chi connectivity index (χ1) is 37.1. The van der Waals surface area contributed by atoms with Crippen LogP contribution in [-0.2, 0) is 35.1 Å². The van der Waals surface area contributed by atoms with Gasteiger partial charge in [-0.3, -0.25) is 4.57 Å². The highest BCUT2D eigenvalue weighted by atomic mass is 31.2. The summed E-state index contributed by atoms with van der Waals surface area (Å²) in [7, 11) is -1.23. The van der Waals surface area contributed by atoms with Crippen LogP contribution in [0.15, 0.2) is 146 Å². The highest BCUT2D eigenvalue weighted by molar-refractivity contribution is 7.44. The minimum atomic E-state index is -2.71. The van der Waals surface area contributed by atoms with Crippen LogP contribution >= 0.6 is 8.53 Å². The Labute approximate surface area is 457 Å². The van der Waals surface area contributed by atoms with Crippen LogP contribution < -0.4 is 14.8 Å². The fourth-order valence-electron chi connectivity index (χ4n) is 9.43. The minimum Gasteiger partial charge on any atom is -0.497 e. The first-order valence-corrected chi connectivity index (χ1v) is 30.4. The molecule has 5 aromatic carbocycles. The molecular weight excluding hydrogens is 1000 g/mol. The zero-order valence-electron chi connectivity index (χ0n) is 46.3. The van der Waals surface area contributed by atoms with Gasteiger partial charge in [-0.25, -0.2) is 19.6 Å². The lowest BCUT2D eigenvalue weighted by atomic mass is 9.80. The molecule has 8 rings (SSSR count). The predicted molar refractivity (Wildman–Crippen MR) is 309 cm³/mol. The summed E-state index contributed by atoms with van der Waals surface area (Å²) in [5.41, 5.74) is 5.27. The Morgan fingerprint density at radius 1 is 0.766 bits per heavy atom. The van der Waals surface area contributed by atoms with E-state index >= 15 is 0 Å². The first-order valence-electron chi connectivity index (χ1n) is 26.4. The summed E-state index contributed by atoms with van der Waals surface area (Å²) in [5.74, 6) is 1.94. The smallest absolute Gasteiger partial charge is 0.259 e. The summed E-state index contributed by atoms with van der Waals surface area (Å²) in [6, 6.07) is 48.8. The van der Waals surface area contributed by atoms with Crippen LogP contribution in [0.5, 0.6) is 11.5 Å². The van der Waals surface area contributed by atoms with Gasteiger partial charge in [-0.2, -0.15) is 5.26 Å². The summed E-state index contributed by atoms with van der Waals surface area (Å²) < 4.78 is 53.1. The van der Waals surface area contributed by atoms with Crippen LogP contribution in [0, 0.1) is 11.3 Å². The van der Waals surface area contributed by atoms with Gasteiger partial charge in [-0.05, 0) is 104 Å². The van der Waals surface area contributed by atoms with Crippen molar-refractivity contribution in [3.05, 3.63) is 179 Å². The molecule has 7 aromatic rings. The molecule has 1 saturated heterocycles. The molecule has 0 radical (unpaired) electrons. The summed E-state index contributed by atoms with van der Waals surface area (Å²) in [6.45, 7) is 20.4. The summed E-state index contributed by atoms with van der Waals surface area (Å²) >= 11 is 0. The third-order valence-electron chi connectivity index (χ3n) is 14.3. The van der Waals surface area contributed by atoms with Crippen molar-refractivity contribution >= 4 is 46.1 Å². The maximum atomic E-state index is 9.80. The van der Waals surface area contributed by atoms with Crippen molar-refractivity contribution in [3.8, 4) is 17.6 Å². The zero-order valence-corrected chi connectivity index (χ0v) is 48.2. The van der Waals surface area contributed by atoms with Gasteiger partial charge in [0.25, 0.3) is 8.53 Å². The number of nitrogens with one attached hydrogen (secondary N) is 1. The Balaban J connectivity index is 1.36. The monoisotopic (exact) mass is 1080 g/mol. The second-order valence-corrected chi connectivity index (χ2v) is 27.3. The average Bonchev–Trinajstić information content (AvgIpc) is 4.02. The third kappa shape index (κ3) is 13.0. The van der Waals surface area contributed by atoms with Gasteiger partial charge in [0.15, 0.2) is 20.2 Å². The minimum absolute atomic E-state index is 0.00959. The SMILES string of the molecule is COc1ccc(C(OC[C@H]2O[C@@H](n3c(NCc4ccccc4)nc4c(C=Cc5ccccc5)ncnc43)[C@H](O[Si](C)(C)C(C)(C)C)[C@@H]2OP(OCCC#N)N(C(C)C)C(C)C)(c2ccccc2)c2ccc(OC)cc2)cc1. The number of imidazole rings is 1. The van der Waals surface area contributed by atoms with Gasteiger partial charge in [0.2, 0.25) is 5.95 Å². The van der Waals surface area contributed by atoms with E-state index < -0.39 is 47.0 Å². The van der Waals surface area contributed by atoms with E-state index in [-0.39, 0.29) is 36.8 Å². The highest BCUT2D eigenvalue weighted by Gasteiger charge is 2.55. The molecule has 1 aliphatic rings. The maximum Gasteiger partial charge on any atom is 0.259 e. The van der Waals surface area contributed by atoms with E-state index in [0.717, 1.165) is 27.8 Å². The Morgan fingerprint density at radius 3 is 1.90 bits per heavy atom. The molecule has 0 saturated carbocycles. The Kier molecular flexibility index (Phi) is 18.8. The van der Waals surface area contributed by atoms with Crippen LogP contribution in [0.2, 0.25) is 18.1 Å². The highest BCUT2D eigenvalue weighted by Crippen LogP contribution is 2.53. The number of hydrogen-bond donors (Lipinski definition) is 1. The molecule has 14 nitrogen and oxygen atoms in total. The van der Waals surface area contributed by atoms with Crippen LogP contribution in [0.4, 0.5) is 5.95 Å². The molecule has 1 fully saturated rings. The van der Waals surface area contributed by atoms with E-state index in [0.29, 0.717) is 40.8 Å². The van der Waals surface area contributed by atoms with Gasteiger partial charge in [-0.1, -0.05) is 142 Å². The van der Waals surface area contributed by atoms with Gasteiger partial charge >= 0.3 is 0 Å². The molecule has 0 aliphatic carbocycles. The predicted octanol–water partition coefficient (Wildman–Crippen LogP) is 13.6. The number of ether oxygens (including phenoxy) is 4. The lowest BCUT2D eigenvalue weighted by Crippen LogP contribution is -2.50. The largest absolute Gasteiger partial charge is 0.497 e. The molecular formula is C61H74N7O7PSi. The van der Waals surface area contributed by atoms with Crippen molar-refractivity contribution in [2.45, 2.75) is 122 Å². The number of aromatic nitrogens is 4. The van der Waals surface area contributed by atoms with Crippen molar-refractivity contribution in [1.29, 1.82) is 5.26 Å². The van der Waals surface area contributed by atoms with Crippen molar-refractivity contribution in [2.24, 2.45) is 0 Å². The molecule has 0 amide bonds. The van der Waals surface area contributed by atoms with Crippen LogP contribution in [0.1, 0.15) is 94.6 Å². The molecule has 1 aliphatic heterocycles. The number of nitriles is 1. The topological polar surface area (TPSA) is 147 Å². The van der Waals surface area contributed by atoms with E-state index in [1.165, 1.54) is 0 Å². The van der Waals surface area contributed by atoms with Crippen molar-refractivity contribution in [2.75, 3.05) is 32.8 Å². The maximum absolute atomic E-state index is 9.80. The molecule has 0 bridgehead atoms. The number of methoxy groups -OCH3 is 2. The molecule has 5 atom stereocenters. The Bertz CT molecular complexity index is 2990. The average molecular weight is 1080 g/mol. The number of anilines is 1. The van der Waals surface area contributed by atoms with E-state index in [9.17, 15) is 5.26 Å². The molecule has 1 unspecified atom stereocenters. The third-order valence-corrected chi connectivity index (χ3v) is 20.9. The lowest BCUT2D eigenvalue weighted by molar-refractivity contribution is -0.0922. The van der Waals surface area contributed by atoms with Crippen LogP contribution in [0.25, 0.3) is 23.3 Å². The fourth-order valence-corrected chi connectivity index (χ4v) is 12.5. The summed E-state index contributed by atoms with van der Waals surface area (Å²) in [5, 5.41) is 13.3. The molecule has 3 heterocycles. The second kappa shape index (κ2) is 25.4. The lowest BCUT2D eigenvalue weighted by Gasteiger charge is -2.42. The van der Waals surface area contributed by atoms with E-state index in [2.05, 4.69) is 102 Å². The summed E-state index contributed by atoms with van der Waals surface area (Å²) in [6.07, 6.45) is 2.47. The van der Waals surface area contributed by atoms with Crippen LogP contribution in [0.3, 0.4) is 0 Å². The molecule has 404 valence electrons. The van der Waals surface area contributed by atoms with Crippen LogP contribution in [-0.4, -0.2) is 90.3 Å². The number of rotatable bonds is 24. The summed E-state index contributed by atoms with van der Waals surface area (Å²) in [4.78, 5) is 15.1. The van der Waals surface area contributed by atoms with Gasteiger partial charge in [0.1, 0.15) is 47.3 Å². The molecule has 2 aromatic heterocycles. The second-order valence-electron chi connectivity index (χ2n) is 21.2. The molecule has 0 spiro atoms. The van der Waals surface area contributed by atoms with Crippen molar-refractivity contribution < 1.29 is 32.4 Å². The molecule has 1 N–H and O–H groups in total. The van der Waals surface area contributed by atoms with E-state index in [4.69, 9.17) is 47.4 Å². The fraction of sp³-hybridized carbons (Fsp3) is 0.377. The van der Waals surface area contributed by atoms with Gasteiger partial charge in [0.05, 0.1) is 45.6 Å². The quantitative estimate of drug-likeness (QED) is 0.0265. The standard InChI is InChI=1S/C61H74N7O7PSi/c1-43(2)68(44(3)4)76(72-39-21-38-62)74-55-53(41-71-61(47-26-19-14-20-27-47,48-29-33-50(69-8)34-30-48)49-31-35-51(70-9)36-32-49)73-58(56(55)75-77(10,11)60(5,6)7)67-57-54(66-59(67)63-40-46-24-17-13-18-25-46)52(64-42-65-57)37-28-45-22-15-12-16-23-45/h12-20,22-37,42-44,53,55-56,58H,21,39-41H2,1-11H3,(H,63,66)/t53-,55-,56-,58-,76?/m1/s1. The Hall–Kier alpha value is -6.31. The van der Waals surface area contributed by atoms with Gasteiger partial charge in [0, 0.05) is 18.6 Å². The van der Waals surface area contributed by atoms with E-state index in [1.807, 2.05) is 132 Å². The van der Waals surface area contributed by atoms with Gasteiger partial charge < -0.3 is 37.7 Å². The van der Waals surface area contributed by atoms with E-state index in [1.54, 1.807) is 20.5 Å². The number of hydrogen-bond acceptors (Lipinski definition) is 13. The molecule has 16 heteroatoms.